The quantitative estimate of drug-likeness (QED) is 0.619. The average molecular weight is 299 g/mol. The van der Waals surface area contributed by atoms with Crippen LogP contribution in [-0.4, -0.2) is 32.4 Å². The topological polar surface area (TPSA) is 75.6 Å². The molecule has 0 saturated heterocycles. The van der Waals surface area contributed by atoms with Crippen molar-refractivity contribution < 1.29 is 17.7 Å². The Morgan fingerprint density at radius 2 is 2.20 bits per heavy atom. The highest BCUT2D eigenvalue weighted by atomic mass is 32.2. The summed E-state index contributed by atoms with van der Waals surface area (Å²) in [7, 11) is -2.20. The lowest BCUT2D eigenvalue weighted by molar-refractivity contribution is 0.400. The Bertz CT molecular complexity index is 583. The molecule has 1 unspecified atom stereocenters. The van der Waals surface area contributed by atoms with E-state index in [1.165, 1.54) is 16.7 Å². The Morgan fingerprint density at radius 1 is 1.45 bits per heavy atom. The smallest absolute Gasteiger partial charge is 0.264 e. The summed E-state index contributed by atoms with van der Waals surface area (Å²) in [4.78, 5) is 0. The van der Waals surface area contributed by atoms with Crippen LogP contribution in [0.4, 0.5) is 0 Å². The fourth-order valence-corrected chi connectivity index (χ4v) is 3.32. The van der Waals surface area contributed by atoms with Gasteiger partial charge in [0.1, 0.15) is 5.75 Å². The van der Waals surface area contributed by atoms with Gasteiger partial charge in [-0.15, -0.1) is 0 Å². The monoisotopic (exact) mass is 299 g/mol. The van der Waals surface area contributed by atoms with E-state index in [0.717, 1.165) is 18.6 Å². The molecule has 112 valence electrons. The summed E-state index contributed by atoms with van der Waals surface area (Å²) in [6.07, 6.45) is 2.40. The highest BCUT2D eigenvalue weighted by molar-refractivity contribution is 7.85. The van der Waals surface area contributed by atoms with Crippen LogP contribution in [0.15, 0.2) is 12.1 Å². The van der Waals surface area contributed by atoms with Crippen LogP contribution in [0.1, 0.15) is 35.6 Å². The molecule has 5 nitrogen and oxygen atoms in total. The first-order valence-electron chi connectivity index (χ1n) is 6.77. The number of aryl methyl sites for hydroxylation is 1. The van der Waals surface area contributed by atoms with Gasteiger partial charge in [0.05, 0.1) is 12.9 Å². The van der Waals surface area contributed by atoms with Gasteiger partial charge in [-0.25, -0.2) is 0 Å². The standard InChI is InChI=1S/C14H21NO4S/c1-10-4-7-13(19-2)14-11(10)5-6-12(14)15-8-3-9-20(16,17)18/h4,7,12,15H,3,5-6,8-9H2,1-2H3,(H,16,17,18). The lowest BCUT2D eigenvalue weighted by Crippen LogP contribution is -2.22. The van der Waals surface area contributed by atoms with Gasteiger partial charge in [0.2, 0.25) is 0 Å². The fourth-order valence-electron chi connectivity index (χ4n) is 2.81. The van der Waals surface area contributed by atoms with Gasteiger partial charge in [-0.2, -0.15) is 8.42 Å². The molecular weight excluding hydrogens is 278 g/mol. The van der Waals surface area contributed by atoms with Crippen LogP contribution < -0.4 is 10.1 Å². The van der Waals surface area contributed by atoms with Crippen molar-refractivity contribution in [3.63, 3.8) is 0 Å². The molecule has 0 amide bonds. The molecule has 2 N–H and O–H groups in total. The van der Waals surface area contributed by atoms with Crippen molar-refractivity contribution in [3.05, 3.63) is 28.8 Å². The molecule has 0 aliphatic heterocycles. The first kappa shape index (κ1) is 15.3. The van der Waals surface area contributed by atoms with Gasteiger partial charge in [-0.05, 0) is 49.9 Å². The van der Waals surface area contributed by atoms with Crippen molar-refractivity contribution in [1.29, 1.82) is 0 Å². The zero-order chi connectivity index (χ0) is 14.8. The van der Waals surface area contributed by atoms with Crippen LogP contribution >= 0.6 is 0 Å². The Hall–Kier alpha value is -1.11. The van der Waals surface area contributed by atoms with E-state index in [0.29, 0.717) is 13.0 Å². The highest BCUT2D eigenvalue weighted by Gasteiger charge is 2.26. The van der Waals surface area contributed by atoms with E-state index in [1.54, 1.807) is 7.11 Å². The molecule has 1 aromatic rings. The maximum Gasteiger partial charge on any atom is 0.264 e. The van der Waals surface area contributed by atoms with E-state index in [4.69, 9.17) is 9.29 Å². The van der Waals surface area contributed by atoms with Crippen molar-refractivity contribution in [3.8, 4) is 5.75 Å². The lowest BCUT2D eigenvalue weighted by atomic mass is 10.0. The summed E-state index contributed by atoms with van der Waals surface area (Å²) < 4.78 is 35.5. The van der Waals surface area contributed by atoms with E-state index in [-0.39, 0.29) is 11.8 Å². The Labute approximate surface area is 120 Å². The van der Waals surface area contributed by atoms with Crippen LogP contribution in [0.5, 0.6) is 5.75 Å². The van der Waals surface area contributed by atoms with E-state index >= 15 is 0 Å². The number of hydrogen-bond donors (Lipinski definition) is 2. The van der Waals surface area contributed by atoms with Crippen molar-refractivity contribution in [2.24, 2.45) is 0 Å². The van der Waals surface area contributed by atoms with Crippen LogP contribution in [0.3, 0.4) is 0 Å². The Balaban J connectivity index is 2.02. The number of nitrogens with one attached hydrogen (secondary N) is 1. The minimum absolute atomic E-state index is 0.196. The van der Waals surface area contributed by atoms with Crippen LogP contribution in [0.2, 0.25) is 0 Å². The first-order valence-corrected chi connectivity index (χ1v) is 8.38. The molecular formula is C14H21NO4S. The summed E-state index contributed by atoms with van der Waals surface area (Å²) >= 11 is 0. The molecule has 0 fully saturated rings. The number of methoxy groups -OCH3 is 1. The number of rotatable bonds is 6. The van der Waals surface area contributed by atoms with Crippen LogP contribution in [-0.2, 0) is 16.5 Å². The predicted octanol–water partition coefficient (Wildman–Crippen LogP) is 1.86. The largest absolute Gasteiger partial charge is 0.496 e. The first-order chi connectivity index (χ1) is 9.42. The molecule has 0 spiro atoms. The number of ether oxygens (including phenoxy) is 1. The minimum atomic E-state index is -3.86. The molecule has 1 aliphatic rings. The van der Waals surface area contributed by atoms with Crippen LogP contribution in [0, 0.1) is 6.92 Å². The molecule has 0 saturated carbocycles. The number of hydrogen-bond acceptors (Lipinski definition) is 4. The maximum absolute atomic E-state index is 10.7. The van der Waals surface area contributed by atoms with E-state index in [2.05, 4.69) is 18.3 Å². The van der Waals surface area contributed by atoms with Gasteiger partial charge >= 0.3 is 0 Å². The third kappa shape index (κ3) is 3.50. The van der Waals surface area contributed by atoms with E-state index in [9.17, 15) is 8.42 Å². The molecule has 1 aliphatic carbocycles. The summed E-state index contributed by atoms with van der Waals surface area (Å²) in [6, 6.07) is 4.24. The summed E-state index contributed by atoms with van der Waals surface area (Å²) in [5.74, 6) is 0.681. The highest BCUT2D eigenvalue weighted by Crippen LogP contribution is 2.39. The lowest BCUT2D eigenvalue weighted by Gasteiger charge is -2.17. The molecule has 0 radical (unpaired) electrons. The minimum Gasteiger partial charge on any atom is -0.496 e. The van der Waals surface area contributed by atoms with Gasteiger partial charge < -0.3 is 10.1 Å². The van der Waals surface area contributed by atoms with Crippen LogP contribution in [0.25, 0.3) is 0 Å². The normalized spacial score (nSPS) is 18.1. The van der Waals surface area contributed by atoms with E-state index < -0.39 is 10.1 Å². The van der Waals surface area contributed by atoms with Gasteiger partial charge in [0, 0.05) is 11.6 Å². The van der Waals surface area contributed by atoms with Gasteiger partial charge in [0.25, 0.3) is 10.1 Å². The number of fused-ring (bicyclic) bond motifs is 1. The van der Waals surface area contributed by atoms with Gasteiger partial charge in [-0.1, -0.05) is 6.07 Å². The second-order valence-electron chi connectivity index (χ2n) is 5.16. The molecule has 0 heterocycles. The molecule has 20 heavy (non-hydrogen) atoms. The van der Waals surface area contributed by atoms with Crippen molar-refractivity contribution in [2.75, 3.05) is 19.4 Å². The SMILES string of the molecule is COc1ccc(C)c2c1C(NCCCS(=O)(=O)O)CC2. The molecule has 0 aromatic heterocycles. The van der Waals surface area contributed by atoms with Crippen molar-refractivity contribution in [1.82, 2.24) is 5.32 Å². The molecule has 0 bridgehead atoms. The summed E-state index contributed by atoms with van der Waals surface area (Å²) in [6.45, 7) is 2.65. The zero-order valence-electron chi connectivity index (χ0n) is 11.8. The van der Waals surface area contributed by atoms with Gasteiger partial charge in [-0.3, -0.25) is 4.55 Å². The van der Waals surface area contributed by atoms with E-state index in [1.807, 2.05) is 6.07 Å². The predicted molar refractivity (Wildman–Crippen MR) is 77.8 cm³/mol. The summed E-state index contributed by atoms with van der Waals surface area (Å²) in [5.41, 5.74) is 3.79. The third-order valence-electron chi connectivity index (χ3n) is 3.77. The van der Waals surface area contributed by atoms with Gasteiger partial charge in [0.15, 0.2) is 0 Å². The Morgan fingerprint density at radius 3 is 2.85 bits per heavy atom. The number of benzene rings is 1. The molecule has 2 rings (SSSR count). The maximum atomic E-state index is 10.7. The molecule has 1 aromatic carbocycles. The third-order valence-corrected chi connectivity index (χ3v) is 4.58. The molecule has 6 heteroatoms. The Kier molecular flexibility index (Phi) is 4.67. The van der Waals surface area contributed by atoms with Crippen molar-refractivity contribution >= 4 is 10.1 Å². The summed E-state index contributed by atoms with van der Waals surface area (Å²) in [5, 5.41) is 3.36. The fraction of sp³-hybridized carbons (Fsp3) is 0.571. The van der Waals surface area contributed by atoms with Crippen molar-refractivity contribution in [2.45, 2.75) is 32.2 Å². The zero-order valence-corrected chi connectivity index (χ0v) is 12.7. The second kappa shape index (κ2) is 6.11. The molecule has 1 atom stereocenters. The second-order valence-corrected chi connectivity index (χ2v) is 6.73. The average Bonchev–Trinajstić information content (AvgIpc) is 2.79.